The molecule has 2 aromatic carbocycles. The van der Waals surface area contributed by atoms with E-state index in [4.69, 9.17) is 4.74 Å². The van der Waals surface area contributed by atoms with Crippen LogP contribution in [0.1, 0.15) is 30.9 Å². The van der Waals surface area contributed by atoms with E-state index in [1.807, 2.05) is 29.2 Å². The molecule has 0 spiro atoms. The molecule has 30 heavy (non-hydrogen) atoms. The third-order valence-electron chi connectivity index (χ3n) is 5.35. The summed E-state index contributed by atoms with van der Waals surface area (Å²) in [6.07, 6.45) is -4.97. The molecule has 4 nitrogen and oxygen atoms in total. The van der Waals surface area contributed by atoms with Crippen molar-refractivity contribution < 1.29 is 23.0 Å². The van der Waals surface area contributed by atoms with E-state index in [2.05, 4.69) is 18.7 Å². The summed E-state index contributed by atoms with van der Waals surface area (Å²) in [7, 11) is 0. The summed E-state index contributed by atoms with van der Waals surface area (Å²) >= 11 is 0. The fourth-order valence-corrected chi connectivity index (χ4v) is 3.69. The molecule has 164 valence electrons. The molecule has 0 aromatic heterocycles. The molecule has 1 aliphatic rings. The molecule has 0 radical (unpaired) electrons. The van der Waals surface area contributed by atoms with Gasteiger partial charge in [-0.3, -0.25) is 4.90 Å². The predicted molar refractivity (Wildman–Crippen MR) is 112 cm³/mol. The molecule has 1 atom stereocenters. The molecule has 0 bridgehead atoms. The van der Waals surface area contributed by atoms with Gasteiger partial charge in [-0.25, -0.2) is 0 Å². The summed E-state index contributed by atoms with van der Waals surface area (Å²) in [6.45, 7) is 7.46. The van der Waals surface area contributed by atoms with E-state index in [1.54, 1.807) is 6.07 Å². The molecule has 2 aromatic rings. The van der Waals surface area contributed by atoms with Gasteiger partial charge in [0.1, 0.15) is 18.5 Å². The Kier molecular flexibility index (Phi) is 7.26. The number of para-hydroxylation sites is 1. The van der Waals surface area contributed by atoms with Crippen molar-refractivity contribution in [2.75, 3.05) is 44.2 Å². The van der Waals surface area contributed by atoms with Gasteiger partial charge in [-0.15, -0.1) is 0 Å². The van der Waals surface area contributed by atoms with Gasteiger partial charge in [0.15, 0.2) is 0 Å². The standard InChI is InChI=1S/C23H29F3N2O2/c1-17(2)21-8-3-4-9-22(21)30-16-20(29)15-27-10-12-28(13-11-27)19-7-5-6-18(14-19)23(24,25)26/h3-9,14,17,20,29H,10-13,15-16H2,1-2H3. The molecule has 1 unspecified atom stereocenters. The number of piperazine rings is 1. The first-order valence-corrected chi connectivity index (χ1v) is 10.3. The third kappa shape index (κ3) is 5.89. The highest BCUT2D eigenvalue weighted by Gasteiger charge is 2.31. The highest BCUT2D eigenvalue weighted by Crippen LogP contribution is 2.32. The number of β-amino-alcohol motifs (C(OH)–C–C–N with tert-alkyl or cyclic N) is 1. The van der Waals surface area contributed by atoms with Gasteiger partial charge in [0.25, 0.3) is 0 Å². The van der Waals surface area contributed by atoms with Gasteiger partial charge in [0, 0.05) is 38.4 Å². The minimum atomic E-state index is -4.34. The molecule has 7 heteroatoms. The third-order valence-corrected chi connectivity index (χ3v) is 5.35. The van der Waals surface area contributed by atoms with Crippen LogP contribution in [0.25, 0.3) is 0 Å². The van der Waals surface area contributed by atoms with Crippen molar-refractivity contribution in [3.05, 3.63) is 59.7 Å². The van der Waals surface area contributed by atoms with E-state index in [0.29, 0.717) is 44.3 Å². The largest absolute Gasteiger partial charge is 0.491 e. The fraction of sp³-hybridized carbons (Fsp3) is 0.478. The Bertz CT molecular complexity index is 818. The Morgan fingerprint density at radius 2 is 1.70 bits per heavy atom. The van der Waals surface area contributed by atoms with Crippen LogP contribution in [0.4, 0.5) is 18.9 Å². The molecule has 0 saturated carbocycles. The monoisotopic (exact) mass is 422 g/mol. The van der Waals surface area contributed by atoms with Crippen molar-refractivity contribution in [1.82, 2.24) is 4.90 Å². The van der Waals surface area contributed by atoms with E-state index in [1.165, 1.54) is 12.1 Å². The van der Waals surface area contributed by atoms with Gasteiger partial charge in [0.2, 0.25) is 0 Å². The second-order valence-electron chi connectivity index (χ2n) is 7.99. The van der Waals surface area contributed by atoms with E-state index in [9.17, 15) is 18.3 Å². The first kappa shape index (κ1) is 22.4. The number of hydrogen-bond acceptors (Lipinski definition) is 4. The molecule has 0 amide bonds. The molecule has 1 heterocycles. The van der Waals surface area contributed by atoms with Crippen molar-refractivity contribution in [2.24, 2.45) is 0 Å². The summed E-state index contributed by atoms with van der Waals surface area (Å²) in [4.78, 5) is 4.07. The van der Waals surface area contributed by atoms with Gasteiger partial charge >= 0.3 is 6.18 Å². The first-order valence-electron chi connectivity index (χ1n) is 10.3. The lowest BCUT2D eigenvalue weighted by atomic mass is 10.0. The minimum Gasteiger partial charge on any atom is -0.491 e. The van der Waals surface area contributed by atoms with Crippen molar-refractivity contribution >= 4 is 5.69 Å². The molecule has 1 aliphatic heterocycles. The Labute approximate surface area is 175 Å². The summed E-state index contributed by atoms with van der Waals surface area (Å²) < 4.78 is 44.7. The smallest absolute Gasteiger partial charge is 0.416 e. The van der Waals surface area contributed by atoms with E-state index in [0.717, 1.165) is 17.4 Å². The molecular formula is C23H29F3N2O2. The lowest BCUT2D eigenvalue weighted by Crippen LogP contribution is -2.49. The number of ether oxygens (including phenoxy) is 1. The highest BCUT2D eigenvalue weighted by molar-refractivity contribution is 5.49. The van der Waals surface area contributed by atoms with Crippen LogP contribution >= 0.6 is 0 Å². The lowest BCUT2D eigenvalue weighted by molar-refractivity contribution is -0.137. The number of aliphatic hydroxyl groups is 1. The Morgan fingerprint density at radius 3 is 2.37 bits per heavy atom. The van der Waals surface area contributed by atoms with Crippen LogP contribution in [0.3, 0.4) is 0 Å². The second-order valence-corrected chi connectivity index (χ2v) is 7.99. The zero-order chi connectivity index (χ0) is 21.7. The van der Waals surface area contributed by atoms with Crippen molar-refractivity contribution in [2.45, 2.75) is 32.0 Å². The molecule has 1 N–H and O–H groups in total. The molecule has 1 fully saturated rings. The summed E-state index contributed by atoms with van der Waals surface area (Å²) in [5, 5.41) is 10.4. The number of halogens is 3. The first-order chi connectivity index (χ1) is 14.2. The maximum Gasteiger partial charge on any atom is 0.416 e. The van der Waals surface area contributed by atoms with Gasteiger partial charge in [0.05, 0.1) is 5.56 Å². The molecular weight excluding hydrogens is 393 g/mol. The van der Waals surface area contributed by atoms with Gasteiger partial charge < -0.3 is 14.7 Å². The van der Waals surface area contributed by atoms with Crippen LogP contribution in [-0.2, 0) is 6.18 Å². The van der Waals surface area contributed by atoms with Crippen LogP contribution in [0.5, 0.6) is 5.75 Å². The summed E-state index contributed by atoms with van der Waals surface area (Å²) in [6, 6.07) is 13.3. The molecule has 1 saturated heterocycles. The number of hydrogen-bond donors (Lipinski definition) is 1. The highest BCUT2D eigenvalue weighted by atomic mass is 19.4. The lowest BCUT2D eigenvalue weighted by Gasteiger charge is -2.37. The van der Waals surface area contributed by atoms with E-state index >= 15 is 0 Å². The molecule has 3 rings (SSSR count). The van der Waals surface area contributed by atoms with Crippen molar-refractivity contribution in [1.29, 1.82) is 0 Å². The maximum atomic E-state index is 12.9. The number of aliphatic hydroxyl groups excluding tert-OH is 1. The van der Waals surface area contributed by atoms with Gasteiger partial charge in [-0.1, -0.05) is 38.1 Å². The van der Waals surface area contributed by atoms with Crippen LogP contribution in [0.2, 0.25) is 0 Å². The van der Waals surface area contributed by atoms with Gasteiger partial charge in [-0.2, -0.15) is 13.2 Å². The number of rotatable bonds is 7. The Balaban J connectivity index is 1.48. The Morgan fingerprint density at radius 1 is 1.00 bits per heavy atom. The maximum absolute atomic E-state index is 12.9. The Hall–Kier alpha value is -2.25. The number of alkyl halides is 3. The normalized spacial score (nSPS) is 16.7. The average molecular weight is 422 g/mol. The number of benzene rings is 2. The van der Waals surface area contributed by atoms with Crippen LogP contribution in [0.15, 0.2) is 48.5 Å². The van der Waals surface area contributed by atoms with E-state index in [-0.39, 0.29) is 6.61 Å². The predicted octanol–water partition coefficient (Wildman–Crippen LogP) is 4.39. The molecule has 0 aliphatic carbocycles. The quantitative estimate of drug-likeness (QED) is 0.718. The number of anilines is 1. The summed E-state index contributed by atoms with van der Waals surface area (Å²) in [5.74, 6) is 1.13. The van der Waals surface area contributed by atoms with Crippen LogP contribution < -0.4 is 9.64 Å². The minimum absolute atomic E-state index is 0.206. The van der Waals surface area contributed by atoms with Crippen molar-refractivity contribution in [3.8, 4) is 5.75 Å². The SMILES string of the molecule is CC(C)c1ccccc1OCC(O)CN1CCN(c2cccc(C(F)(F)F)c2)CC1. The van der Waals surface area contributed by atoms with Crippen molar-refractivity contribution in [3.63, 3.8) is 0 Å². The zero-order valence-corrected chi connectivity index (χ0v) is 17.4. The van der Waals surface area contributed by atoms with Crippen LogP contribution in [-0.4, -0.2) is 55.4 Å². The number of nitrogens with zero attached hydrogens (tertiary/aromatic N) is 2. The zero-order valence-electron chi connectivity index (χ0n) is 17.4. The van der Waals surface area contributed by atoms with Gasteiger partial charge in [-0.05, 0) is 35.7 Å². The average Bonchev–Trinajstić information content (AvgIpc) is 2.72. The fourth-order valence-electron chi connectivity index (χ4n) is 3.69. The van der Waals surface area contributed by atoms with E-state index < -0.39 is 17.8 Å². The summed E-state index contributed by atoms with van der Waals surface area (Å²) in [5.41, 5.74) is 1.06. The van der Waals surface area contributed by atoms with Crippen LogP contribution in [0, 0.1) is 0 Å². The topological polar surface area (TPSA) is 35.9 Å². The second kappa shape index (κ2) is 9.71.